The maximum absolute atomic E-state index is 12.0. The van der Waals surface area contributed by atoms with Crippen molar-refractivity contribution in [2.75, 3.05) is 0 Å². The molecule has 1 aromatic rings. The van der Waals surface area contributed by atoms with E-state index in [-0.39, 0.29) is 17.2 Å². The highest BCUT2D eigenvalue weighted by Crippen LogP contribution is 2.25. The summed E-state index contributed by atoms with van der Waals surface area (Å²) >= 11 is 0. The first-order chi connectivity index (χ1) is 9.59. The first-order valence-electron chi connectivity index (χ1n) is 7.22. The summed E-state index contributed by atoms with van der Waals surface area (Å²) in [5.74, 6) is 0.145. The number of carbonyl (C=O) groups is 1. The topological polar surface area (TPSA) is 61.7 Å². The predicted octanol–water partition coefficient (Wildman–Crippen LogP) is 3.39. The number of phenols is 1. The molecule has 0 bridgehead atoms. The molecule has 1 aliphatic carbocycles. The molecular weight excluding hydrogens is 252 g/mol. The van der Waals surface area contributed by atoms with Crippen LogP contribution in [0.5, 0.6) is 5.75 Å². The number of carbonyl (C=O) groups excluding carboxylic acids is 1. The van der Waals surface area contributed by atoms with Gasteiger partial charge < -0.3 is 5.11 Å². The van der Waals surface area contributed by atoms with Crippen LogP contribution < -0.4 is 5.43 Å². The summed E-state index contributed by atoms with van der Waals surface area (Å²) in [5.41, 5.74) is 4.48. The number of aryl methyl sites for hydroxylation is 1. The molecule has 1 saturated carbocycles. The molecule has 0 radical (unpaired) electrons. The number of amides is 1. The van der Waals surface area contributed by atoms with Crippen LogP contribution in [-0.2, 0) is 0 Å². The predicted molar refractivity (Wildman–Crippen MR) is 80.0 cm³/mol. The largest absolute Gasteiger partial charge is 0.507 e. The van der Waals surface area contributed by atoms with Crippen LogP contribution in [0.3, 0.4) is 0 Å². The van der Waals surface area contributed by atoms with Crippen LogP contribution in [0.2, 0.25) is 0 Å². The monoisotopic (exact) mass is 274 g/mol. The van der Waals surface area contributed by atoms with Crippen molar-refractivity contribution in [2.45, 2.75) is 46.0 Å². The van der Waals surface area contributed by atoms with Crippen LogP contribution in [0.15, 0.2) is 23.3 Å². The minimum Gasteiger partial charge on any atom is -0.507 e. The van der Waals surface area contributed by atoms with Gasteiger partial charge in [-0.25, -0.2) is 5.43 Å². The normalized spacial score (nSPS) is 17.0. The minimum absolute atomic E-state index is 0.0236. The molecular formula is C16H22N2O2. The third-order valence-electron chi connectivity index (χ3n) is 4.01. The zero-order valence-electron chi connectivity index (χ0n) is 12.1. The lowest BCUT2D eigenvalue weighted by atomic mass is 9.86. The second-order valence-corrected chi connectivity index (χ2v) is 5.50. The molecule has 1 amide bonds. The third kappa shape index (κ3) is 3.38. The second-order valence-electron chi connectivity index (χ2n) is 5.50. The van der Waals surface area contributed by atoms with Crippen LogP contribution in [0.25, 0.3) is 0 Å². The van der Waals surface area contributed by atoms with Gasteiger partial charge in [0, 0.05) is 5.71 Å². The first-order valence-corrected chi connectivity index (χ1v) is 7.22. The molecule has 1 aliphatic rings. The van der Waals surface area contributed by atoms with Crippen molar-refractivity contribution in [2.24, 2.45) is 11.0 Å². The number of nitrogens with one attached hydrogen (secondary N) is 1. The van der Waals surface area contributed by atoms with Gasteiger partial charge in [-0.15, -0.1) is 0 Å². The standard InChI is InChI=1S/C16H22N2O2/c1-11-7-6-10-14(15(11)19)16(20)18-17-12(2)13-8-4-3-5-9-13/h6-7,10,13,19H,3-5,8-9H2,1-2H3,(H,18,20). The Hall–Kier alpha value is -1.84. The molecule has 0 atom stereocenters. The maximum Gasteiger partial charge on any atom is 0.275 e. The average Bonchev–Trinajstić information content (AvgIpc) is 2.48. The molecule has 2 rings (SSSR count). The highest BCUT2D eigenvalue weighted by Gasteiger charge is 2.17. The zero-order chi connectivity index (χ0) is 14.5. The van der Waals surface area contributed by atoms with Gasteiger partial charge in [-0.1, -0.05) is 31.4 Å². The van der Waals surface area contributed by atoms with E-state index in [1.165, 1.54) is 19.3 Å². The Kier molecular flexibility index (Phi) is 4.77. The summed E-state index contributed by atoms with van der Waals surface area (Å²) in [6.45, 7) is 3.73. The number of phenolic OH excluding ortho intramolecular Hbond substituents is 1. The van der Waals surface area contributed by atoms with Crippen molar-refractivity contribution < 1.29 is 9.90 Å². The summed E-state index contributed by atoms with van der Waals surface area (Å²) in [6.07, 6.45) is 6.09. The van der Waals surface area contributed by atoms with Crippen molar-refractivity contribution in [3.05, 3.63) is 29.3 Å². The van der Waals surface area contributed by atoms with E-state index in [0.29, 0.717) is 11.5 Å². The van der Waals surface area contributed by atoms with E-state index in [4.69, 9.17) is 0 Å². The number of para-hydroxylation sites is 1. The van der Waals surface area contributed by atoms with Crippen molar-refractivity contribution in [3.63, 3.8) is 0 Å². The van der Waals surface area contributed by atoms with Crippen LogP contribution in [0.1, 0.15) is 54.9 Å². The number of hydrazone groups is 1. The Morgan fingerprint density at radius 1 is 1.30 bits per heavy atom. The fourth-order valence-electron chi connectivity index (χ4n) is 2.65. The minimum atomic E-state index is -0.360. The van der Waals surface area contributed by atoms with Gasteiger partial charge in [-0.05, 0) is 44.2 Å². The Morgan fingerprint density at radius 3 is 2.70 bits per heavy atom. The van der Waals surface area contributed by atoms with Gasteiger partial charge >= 0.3 is 0 Å². The van der Waals surface area contributed by atoms with Crippen molar-refractivity contribution in [1.29, 1.82) is 0 Å². The van der Waals surface area contributed by atoms with E-state index in [9.17, 15) is 9.90 Å². The van der Waals surface area contributed by atoms with E-state index in [2.05, 4.69) is 10.5 Å². The lowest BCUT2D eigenvalue weighted by Gasteiger charge is -2.21. The van der Waals surface area contributed by atoms with Crippen LogP contribution in [-0.4, -0.2) is 16.7 Å². The van der Waals surface area contributed by atoms with E-state index >= 15 is 0 Å². The quantitative estimate of drug-likeness (QED) is 0.655. The number of rotatable bonds is 3. The lowest BCUT2D eigenvalue weighted by molar-refractivity contribution is 0.0951. The Labute approximate surface area is 119 Å². The molecule has 1 fully saturated rings. The molecule has 0 heterocycles. The summed E-state index contributed by atoms with van der Waals surface area (Å²) in [5, 5.41) is 14.1. The zero-order valence-corrected chi connectivity index (χ0v) is 12.1. The number of hydrogen-bond acceptors (Lipinski definition) is 3. The highest BCUT2D eigenvalue weighted by molar-refractivity contribution is 5.98. The van der Waals surface area contributed by atoms with Crippen LogP contribution in [0.4, 0.5) is 0 Å². The van der Waals surface area contributed by atoms with Crippen molar-refractivity contribution >= 4 is 11.6 Å². The Morgan fingerprint density at radius 2 is 2.00 bits per heavy atom. The molecule has 0 spiro atoms. The Balaban J connectivity index is 2.02. The van der Waals surface area contributed by atoms with E-state index < -0.39 is 0 Å². The number of nitrogens with zero attached hydrogens (tertiary/aromatic N) is 1. The first kappa shape index (κ1) is 14.6. The summed E-state index contributed by atoms with van der Waals surface area (Å²) in [6, 6.07) is 5.12. The Bertz CT molecular complexity index is 517. The molecule has 0 saturated heterocycles. The third-order valence-corrected chi connectivity index (χ3v) is 4.01. The van der Waals surface area contributed by atoms with Gasteiger partial charge in [0.25, 0.3) is 5.91 Å². The van der Waals surface area contributed by atoms with Gasteiger partial charge in [0.1, 0.15) is 5.75 Å². The van der Waals surface area contributed by atoms with Gasteiger partial charge in [0.05, 0.1) is 5.56 Å². The number of aromatic hydroxyl groups is 1. The summed E-state index contributed by atoms with van der Waals surface area (Å²) in [4.78, 5) is 12.0. The molecule has 0 aromatic heterocycles. The fraction of sp³-hybridized carbons (Fsp3) is 0.500. The van der Waals surface area contributed by atoms with Crippen LogP contribution in [0, 0.1) is 12.8 Å². The molecule has 4 nitrogen and oxygen atoms in total. The van der Waals surface area contributed by atoms with Crippen molar-refractivity contribution in [3.8, 4) is 5.75 Å². The summed E-state index contributed by atoms with van der Waals surface area (Å²) in [7, 11) is 0. The fourth-order valence-corrected chi connectivity index (χ4v) is 2.65. The van der Waals surface area contributed by atoms with Gasteiger partial charge in [-0.3, -0.25) is 4.79 Å². The van der Waals surface area contributed by atoms with E-state index in [1.54, 1.807) is 25.1 Å². The average molecular weight is 274 g/mol. The van der Waals surface area contributed by atoms with Gasteiger partial charge in [0.15, 0.2) is 0 Å². The van der Waals surface area contributed by atoms with Gasteiger partial charge in [0.2, 0.25) is 0 Å². The SMILES string of the molecule is CC(=NNC(=O)c1cccc(C)c1O)C1CCCCC1. The lowest BCUT2D eigenvalue weighted by Crippen LogP contribution is -2.23. The van der Waals surface area contributed by atoms with E-state index in [1.807, 2.05) is 6.92 Å². The highest BCUT2D eigenvalue weighted by atomic mass is 16.3. The molecule has 108 valence electrons. The smallest absolute Gasteiger partial charge is 0.275 e. The van der Waals surface area contributed by atoms with E-state index in [0.717, 1.165) is 18.6 Å². The molecule has 4 heteroatoms. The van der Waals surface area contributed by atoms with Gasteiger partial charge in [-0.2, -0.15) is 5.10 Å². The number of hydrogen-bond donors (Lipinski definition) is 2. The second kappa shape index (κ2) is 6.55. The maximum atomic E-state index is 12.0. The molecule has 1 aromatic carbocycles. The molecule has 2 N–H and O–H groups in total. The molecule has 0 aliphatic heterocycles. The number of benzene rings is 1. The summed E-state index contributed by atoms with van der Waals surface area (Å²) < 4.78 is 0. The molecule has 20 heavy (non-hydrogen) atoms. The molecule has 0 unspecified atom stereocenters. The van der Waals surface area contributed by atoms with Crippen LogP contribution >= 0.6 is 0 Å². The van der Waals surface area contributed by atoms with Crippen molar-refractivity contribution in [1.82, 2.24) is 5.43 Å².